The van der Waals surface area contributed by atoms with E-state index in [0.717, 1.165) is 18.9 Å². The first-order valence-corrected chi connectivity index (χ1v) is 5.53. The third kappa shape index (κ3) is 8.26. The van der Waals surface area contributed by atoms with Gasteiger partial charge in [0.1, 0.15) is 0 Å². The van der Waals surface area contributed by atoms with E-state index >= 15 is 0 Å². The molecule has 0 atom stereocenters. The lowest BCUT2D eigenvalue weighted by Gasteiger charge is -2.11. The first-order valence-electron chi connectivity index (χ1n) is 5.53. The van der Waals surface area contributed by atoms with Crippen LogP contribution < -0.4 is 0 Å². The van der Waals surface area contributed by atoms with Crippen LogP contribution in [0.5, 0.6) is 0 Å². The number of unbranched alkanes of at least 4 members (excludes halogenated alkanes) is 1. The largest absolute Gasteiger partial charge is 0.394 e. The van der Waals surface area contributed by atoms with Crippen molar-refractivity contribution in [2.45, 2.75) is 46.0 Å². The quantitative estimate of drug-likeness (QED) is 0.564. The summed E-state index contributed by atoms with van der Waals surface area (Å²) in [5.41, 5.74) is 0. The summed E-state index contributed by atoms with van der Waals surface area (Å²) in [4.78, 5) is 0. The molecule has 0 saturated carbocycles. The van der Waals surface area contributed by atoms with E-state index in [2.05, 4.69) is 13.8 Å². The fourth-order valence-electron chi connectivity index (χ4n) is 1.50. The molecule has 0 aliphatic heterocycles. The summed E-state index contributed by atoms with van der Waals surface area (Å²) in [5, 5.41) is 8.46. The van der Waals surface area contributed by atoms with Crippen LogP contribution in [0.3, 0.4) is 0 Å². The van der Waals surface area contributed by atoms with Gasteiger partial charge < -0.3 is 9.84 Å². The van der Waals surface area contributed by atoms with Crippen LogP contribution in [0.15, 0.2) is 0 Å². The van der Waals surface area contributed by atoms with Gasteiger partial charge in [-0.05, 0) is 12.3 Å². The molecule has 0 amide bonds. The molecule has 0 saturated heterocycles. The van der Waals surface area contributed by atoms with Crippen LogP contribution >= 0.6 is 0 Å². The summed E-state index contributed by atoms with van der Waals surface area (Å²) in [5.74, 6) is 0.901. The highest BCUT2D eigenvalue weighted by atomic mass is 16.5. The molecule has 2 heteroatoms. The van der Waals surface area contributed by atoms with Gasteiger partial charge in [0.15, 0.2) is 0 Å². The minimum absolute atomic E-state index is 0.145. The topological polar surface area (TPSA) is 29.5 Å². The fraction of sp³-hybridized carbons (Fsp3) is 1.00. The van der Waals surface area contributed by atoms with E-state index in [4.69, 9.17) is 9.84 Å². The first-order chi connectivity index (χ1) is 6.35. The van der Waals surface area contributed by atoms with Gasteiger partial charge >= 0.3 is 0 Å². The Hall–Kier alpha value is -0.0800. The highest BCUT2D eigenvalue weighted by Gasteiger charge is 2.01. The van der Waals surface area contributed by atoms with Crippen molar-refractivity contribution in [2.75, 3.05) is 19.8 Å². The molecule has 13 heavy (non-hydrogen) atoms. The van der Waals surface area contributed by atoms with Gasteiger partial charge in [0.05, 0.1) is 13.2 Å². The van der Waals surface area contributed by atoms with Crippen molar-refractivity contribution in [3.05, 3.63) is 0 Å². The molecule has 0 aromatic heterocycles. The summed E-state index contributed by atoms with van der Waals surface area (Å²) in [6.07, 6.45) is 6.33. The Morgan fingerprint density at radius 1 is 1.08 bits per heavy atom. The molecule has 0 aliphatic rings. The van der Waals surface area contributed by atoms with E-state index in [1.54, 1.807) is 0 Å². The van der Waals surface area contributed by atoms with Gasteiger partial charge in [0, 0.05) is 6.61 Å². The minimum atomic E-state index is 0.145. The zero-order chi connectivity index (χ0) is 9.94. The smallest absolute Gasteiger partial charge is 0.0697 e. The van der Waals surface area contributed by atoms with Gasteiger partial charge in [-0.15, -0.1) is 0 Å². The summed E-state index contributed by atoms with van der Waals surface area (Å²) < 4.78 is 5.18. The van der Waals surface area contributed by atoms with Crippen LogP contribution in [-0.2, 0) is 4.74 Å². The molecule has 0 spiro atoms. The maximum absolute atomic E-state index is 8.46. The summed E-state index contributed by atoms with van der Waals surface area (Å²) >= 11 is 0. The summed E-state index contributed by atoms with van der Waals surface area (Å²) in [6, 6.07) is 0. The number of rotatable bonds is 9. The molecule has 1 N–H and O–H groups in total. The number of aliphatic hydroxyl groups is 1. The number of aliphatic hydroxyl groups excluding tert-OH is 1. The molecule has 0 fully saturated rings. The monoisotopic (exact) mass is 188 g/mol. The van der Waals surface area contributed by atoms with Gasteiger partial charge in [-0.1, -0.05) is 39.5 Å². The molecule has 0 aromatic rings. The van der Waals surface area contributed by atoms with E-state index in [1.807, 2.05) is 0 Å². The van der Waals surface area contributed by atoms with Crippen LogP contribution in [0.4, 0.5) is 0 Å². The maximum atomic E-state index is 8.46. The first kappa shape index (κ1) is 12.9. The average molecular weight is 188 g/mol. The van der Waals surface area contributed by atoms with Crippen molar-refractivity contribution in [3.8, 4) is 0 Å². The van der Waals surface area contributed by atoms with Gasteiger partial charge in [0.25, 0.3) is 0 Å². The molecule has 0 rings (SSSR count). The molecular weight excluding hydrogens is 164 g/mol. The normalized spacial score (nSPS) is 11.1. The van der Waals surface area contributed by atoms with Crippen LogP contribution in [0.1, 0.15) is 46.0 Å². The molecule has 80 valence electrons. The highest BCUT2D eigenvalue weighted by molar-refractivity contribution is 4.54. The lowest BCUT2D eigenvalue weighted by atomic mass is 9.97. The predicted molar refractivity (Wildman–Crippen MR) is 55.8 cm³/mol. The van der Waals surface area contributed by atoms with Crippen molar-refractivity contribution in [1.29, 1.82) is 0 Å². The minimum Gasteiger partial charge on any atom is -0.394 e. The number of hydrogen-bond acceptors (Lipinski definition) is 2. The molecule has 0 radical (unpaired) electrons. The maximum Gasteiger partial charge on any atom is 0.0697 e. The van der Waals surface area contributed by atoms with E-state index in [1.165, 1.54) is 25.7 Å². The van der Waals surface area contributed by atoms with Gasteiger partial charge in [-0.2, -0.15) is 0 Å². The van der Waals surface area contributed by atoms with Crippen LogP contribution in [0.2, 0.25) is 0 Å². The highest BCUT2D eigenvalue weighted by Crippen LogP contribution is 2.15. The lowest BCUT2D eigenvalue weighted by Crippen LogP contribution is -2.02. The molecule has 0 bridgehead atoms. The lowest BCUT2D eigenvalue weighted by molar-refractivity contribution is 0.0889. The standard InChI is InChI=1S/C11H24O2/c1-3-11(4-2)7-5-6-9-13-10-8-12/h11-12H,3-10H2,1-2H3. The number of ether oxygens (including phenoxy) is 1. The van der Waals surface area contributed by atoms with Crippen molar-refractivity contribution in [3.63, 3.8) is 0 Å². The summed E-state index contributed by atoms with van der Waals surface area (Å²) in [7, 11) is 0. The van der Waals surface area contributed by atoms with Gasteiger partial charge in [-0.3, -0.25) is 0 Å². The Morgan fingerprint density at radius 3 is 2.31 bits per heavy atom. The van der Waals surface area contributed by atoms with Gasteiger partial charge in [-0.25, -0.2) is 0 Å². The molecule has 0 unspecified atom stereocenters. The average Bonchev–Trinajstić information content (AvgIpc) is 2.17. The molecule has 0 aromatic carbocycles. The second-order valence-electron chi connectivity index (χ2n) is 3.51. The second kappa shape index (κ2) is 10.0. The third-order valence-electron chi connectivity index (χ3n) is 2.54. The van der Waals surface area contributed by atoms with Crippen molar-refractivity contribution >= 4 is 0 Å². The summed E-state index contributed by atoms with van der Waals surface area (Å²) in [6.45, 7) is 5.96. The third-order valence-corrected chi connectivity index (χ3v) is 2.54. The van der Waals surface area contributed by atoms with E-state index < -0.39 is 0 Å². The fourth-order valence-corrected chi connectivity index (χ4v) is 1.50. The van der Waals surface area contributed by atoms with Gasteiger partial charge in [0.2, 0.25) is 0 Å². The Bertz CT molecular complexity index is 90.1. The zero-order valence-corrected chi connectivity index (χ0v) is 9.09. The van der Waals surface area contributed by atoms with E-state index in [-0.39, 0.29) is 6.61 Å². The molecular formula is C11H24O2. The SMILES string of the molecule is CCC(CC)CCCCOCCO. The Kier molecular flexibility index (Phi) is 9.94. The van der Waals surface area contributed by atoms with Crippen molar-refractivity contribution in [2.24, 2.45) is 5.92 Å². The van der Waals surface area contributed by atoms with Crippen LogP contribution in [0.25, 0.3) is 0 Å². The van der Waals surface area contributed by atoms with Crippen molar-refractivity contribution < 1.29 is 9.84 Å². The Balaban J connectivity index is 3.05. The van der Waals surface area contributed by atoms with Crippen LogP contribution in [-0.4, -0.2) is 24.9 Å². The van der Waals surface area contributed by atoms with Crippen molar-refractivity contribution in [1.82, 2.24) is 0 Å². The number of hydrogen-bond donors (Lipinski definition) is 1. The predicted octanol–water partition coefficient (Wildman–Crippen LogP) is 2.60. The Morgan fingerprint density at radius 2 is 1.77 bits per heavy atom. The molecule has 0 aliphatic carbocycles. The van der Waals surface area contributed by atoms with E-state index in [9.17, 15) is 0 Å². The Labute approximate surface area is 82.3 Å². The van der Waals surface area contributed by atoms with E-state index in [0.29, 0.717) is 6.61 Å². The molecule has 0 heterocycles. The zero-order valence-electron chi connectivity index (χ0n) is 9.09. The second-order valence-corrected chi connectivity index (χ2v) is 3.51. The van der Waals surface area contributed by atoms with Crippen LogP contribution in [0, 0.1) is 5.92 Å². The molecule has 2 nitrogen and oxygen atoms in total.